The second kappa shape index (κ2) is 5.68. The van der Waals surface area contributed by atoms with Crippen LogP contribution in [-0.4, -0.2) is 28.7 Å². The molecule has 0 spiro atoms. The summed E-state index contributed by atoms with van der Waals surface area (Å²) >= 11 is 0. The highest BCUT2D eigenvalue weighted by Crippen LogP contribution is 2.39. The van der Waals surface area contributed by atoms with E-state index in [9.17, 15) is 19.1 Å². The van der Waals surface area contributed by atoms with Crippen molar-refractivity contribution in [3.8, 4) is 0 Å². The lowest BCUT2D eigenvalue weighted by Gasteiger charge is -2.21. The van der Waals surface area contributed by atoms with Crippen LogP contribution in [0.1, 0.15) is 17.2 Å². The van der Waals surface area contributed by atoms with E-state index in [4.69, 9.17) is 0 Å². The number of likely N-dealkylation sites (tertiary alicyclic amines) is 1. The summed E-state index contributed by atoms with van der Waals surface area (Å²) in [6.45, 7) is 0. The standard InChI is InChI=1S/C18H14FNO3/c1-20-15(12-9-5-6-10-13(12)19)14(17(22)18(20)23)16(21)11-7-3-2-4-8-11/h2-10,15,21H,1H3. The third-order valence-electron chi connectivity index (χ3n) is 3.92. The number of rotatable bonds is 2. The highest BCUT2D eigenvalue weighted by molar-refractivity contribution is 6.46. The quantitative estimate of drug-likeness (QED) is 0.527. The number of hydrogen-bond donors (Lipinski definition) is 1. The minimum Gasteiger partial charge on any atom is -0.507 e. The van der Waals surface area contributed by atoms with Crippen LogP contribution >= 0.6 is 0 Å². The van der Waals surface area contributed by atoms with Crippen LogP contribution in [0.4, 0.5) is 4.39 Å². The Morgan fingerprint density at radius 3 is 2.30 bits per heavy atom. The normalized spacial score (nSPS) is 20.1. The van der Waals surface area contributed by atoms with E-state index in [1.807, 2.05) is 0 Å². The number of amides is 1. The highest BCUT2D eigenvalue weighted by atomic mass is 19.1. The van der Waals surface area contributed by atoms with Gasteiger partial charge in [0.2, 0.25) is 0 Å². The van der Waals surface area contributed by atoms with Crippen LogP contribution in [0.15, 0.2) is 60.2 Å². The lowest BCUT2D eigenvalue weighted by molar-refractivity contribution is -0.139. The fourth-order valence-electron chi connectivity index (χ4n) is 2.76. The third kappa shape index (κ3) is 2.40. The Balaban J connectivity index is 2.22. The number of ketones is 1. The topological polar surface area (TPSA) is 57.6 Å². The van der Waals surface area contributed by atoms with E-state index in [2.05, 4.69) is 0 Å². The van der Waals surface area contributed by atoms with Gasteiger partial charge in [0.05, 0.1) is 11.6 Å². The van der Waals surface area contributed by atoms with Gasteiger partial charge in [0, 0.05) is 18.2 Å². The van der Waals surface area contributed by atoms with E-state index in [1.165, 1.54) is 25.2 Å². The van der Waals surface area contributed by atoms with Crippen LogP contribution in [0.3, 0.4) is 0 Å². The molecule has 5 heteroatoms. The van der Waals surface area contributed by atoms with Crippen LogP contribution < -0.4 is 0 Å². The Labute approximate surface area is 132 Å². The summed E-state index contributed by atoms with van der Waals surface area (Å²) in [5.74, 6) is -2.43. The molecular weight excluding hydrogens is 297 g/mol. The molecule has 0 saturated carbocycles. The number of benzene rings is 2. The number of halogens is 1. The summed E-state index contributed by atoms with van der Waals surface area (Å²) < 4.78 is 14.2. The molecule has 116 valence electrons. The van der Waals surface area contributed by atoms with Crippen molar-refractivity contribution in [1.29, 1.82) is 0 Å². The van der Waals surface area contributed by atoms with Gasteiger partial charge in [0.15, 0.2) is 0 Å². The van der Waals surface area contributed by atoms with Gasteiger partial charge in [-0.1, -0.05) is 48.5 Å². The van der Waals surface area contributed by atoms with Gasteiger partial charge >= 0.3 is 0 Å². The molecule has 2 aromatic carbocycles. The Hall–Kier alpha value is -2.95. The Bertz CT molecular complexity index is 814. The summed E-state index contributed by atoms with van der Waals surface area (Å²) in [6.07, 6.45) is 0. The zero-order valence-electron chi connectivity index (χ0n) is 12.4. The van der Waals surface area contributed by atoms with Crippen molar-refractivity contribution in [2.75, 3.05) is 7.05 Å². The number of aliphatic hydroxyl groups excluding tert-OH is 1. The van der Waals surface area contributed by atoms with E-state index >= 15 is 0 Å². The molecule has 1 saturated heterocycles. The smallest absolute Gasteiger partial charge is 0.295 e. The van der Waals surface area contributed by atoms with Gasteiger partial charge < -0.3 is 10.0 Å². The largest absolute Gasteiger partial charge is 0.507 e. The molecule has 1 unspecified atom stereocenters. The summed E-state index contributed by atoms with van der Waals surface area (Å²) in [5.41, 5.74) is 0.473. The average Bonchev–Trinajstić information content (AvgIpc) is 2.80. The molecule has 3 rings (SSSR count). The number of Topliss-reactive ketones (excluding diaryl/α,β-unsaturated/α-hetero) is 1. The fraction of sp³-hybridized carbons (Fsp3) is 0.111. The Morgan fingerprint density at radius 1 is 1.04 bits per heavy atom. The second-order valence-electron chi connectivity index (χ2n) is 5.30. The van der Waals surface area contributed by atoms with Crippen LogP contribution in [0.5, 0.6) is 0 Å². The van der Waals surface area contributed by atoms with Gasteiger partial charge in [-0.15, -0.1) is 0 Å². The first-order chi connectivity index (χ1) is 11.0. The first kappa shape index (κ1) is 15.0. The van der Waals surface area contributed by atoms with Crippen molar-refractivity contribution in [1.82, 2.24) is 4.90 Å². The van der Waals surface area contributed by atoms with Crippen molar-refractivity contribution in [2.24, 2.45) is 0 Å². The van der Waals surface area contributed by atoms with Gasteiger partial charge in [-0.05, 0) is 6.07 Å². The van der Waals surface area contributed by atoms with E-state index in [0.29, 0.717) is 5.56 Å². The predicted molar refractivity (Wildman–Crippen MR) is 82.9 cm³/mol. The molecule has 1 aliphatic rings. The van der Waals surface area contributed by atoms with Crippen LogP contribution in [0.2, 0.25) is 0 Å². The molecule has 2 aromatic rings. The van der Waals surface area contributed by atoms with E-state index < -0.39 is 23.5 Å². The van der Waals surface area contributed by atoms with Gasteiger partial charge in [-0.3, -0.25) is 9.59 Å². The molecule has 0 aromatic heterocycles. The zero-order chi connectivity index (χ0) is 16.6. The number of hydrogen-bond acceptors (Lipinski definition) is 3. The lowest BCUT2D eigenvalue weighted by atomic mass is 9.95. The van der Waals surface area contributed by atoms with Crippen LogP contribution in [0, 0.1) is 5.82 Å². The fourth-order valence-corrected chi connectivity index (χ4v) is 2.76. The monoisotopic (exact) mass is 311 g/mol. The van der Waals surface area contributed by atoms with Gasteiger partial charge in [0.1, 0.15) is 11.6 Å². The summed E-state index contributed by atoms with van der Waals surface area (Å²) in [5, 5.41) is 10.5. The Kier molecular flexibility index (Phi) is 3.70. The zero-order valence-corrected chi connectivity index (χ0v) is 12.4. The molecule has 23 heavy (non-hydrogen) atoms. The Morgan fingerprint density at radius 2 is 1.65 bits per heavy atom. The third-order valence-corrected chi connectivity index (χ3v) is 3.92. The van der Waals surface area contributed by atoms with E-state index in [1.54, 1.807) is 36.4 Å². The molecule has 1 N–H and O–H groups in total. The molecule has 1 fully saturated rings. The molecular formula is C18H14FNO3. The number of likely N-dealkylation sites (N-methyl/N-ethyl adjacent to an activating group) is 1. The molecule has 0 radical (unpaired) electrons. The van der Waals surface area contributed by atoms with Crippen molar-refractivity contribution in [3.05, 3.63) is 77.1 Å². The van der Waals surface area contributed by atoms with Crippen molar-refractivity contribution in [2.45, 2.75) is 6.04 Å². The molecule has 0 bridgehead atoms. The molecule has 1 amide bonds. The number of carbonyl (C=O) groups is 2. The minimum absolute atomic E-state index is 0.103. The first-order valence-corrected chi connectivity index (χ1v) is 7.07. The van der Waals surface area contributed by atoms with Gasteiger partial charge in [-0.2, -0.15) is 0 Å². The molecule has 1 aliphatic heterocycles. The highest BCUT2D eigenvalue weighted by Gasteiger charge is 2.45. The minimum atomic E-state index is -0.948. The summed E-state index contributed by atoms with van der Waals surface area (Å²) in [7, 11) is 1.42. The number of aliphatic hydroxyl groups is 1. The predicted octanol–water partition coefficient (Wildman–Crippen LogP) is 2.88. The summed E-state index contributed by atoms with van der Waals surface area (Å²) in [4.78, 5) is 25.5. The van der Waals surface area contributed by atoms with E-state index in [0.717, 1.165) is 4.90 Å². The van der Waals surface area contributed by atoms with E-state index in [-0.39, 0.29) is 16.9 Å². The van der Waals surface area contributed by atoms with Crippen LogP contribution in [-0.2, 0) is 9.59 Å². The average molecular weight is 311 g/mol. The van der Waals surface area contributed by atoms with Crippen molar-refractivity contribution in [3.63, 3.8) is 0 Å². The molecule has 0 aliphatic carbocycles. The maximum Gasteiger partial charge on any atom is 0.295 e. The van der Waals surface area contributed by atoms with Gasteiger partial charge in [-0.25, -0.2) is 4.39 Å². The number of carbonyl (C=O) groups excluding carboxylic acids is 2. The summed E-state index contributed by atoms with van der Waals surface area (Å²) in [6, 6.07) is 13.4. The maximum absolute atomic E-state index is 14.2. The second-order valence-corrected chi connectivity index (χ2v) is 5.30. The molecule has 1 heterocycles. The SMILES string of the molecule is CN1C(=O)C(=O)C(=C(O)c2ccccc2)C1c1ccccc1F. The van der Waals surface area contributed by atoms with Crippen LogP contribution in [0.25, 0.3) is 5.76 Å². The number of nitrogens with zero attached hydrogens (tertiary/aromatic N) is 1. The first-order valence-electron chi connectivity index (χ1n) is 7.07. The van der Waals surface area contributed by atoms with Crippen molar-refractivity contribution < 1.29 is 19.1 Å². The molecule has 1 atom stereocenters. The van der Waals surface area contributed by atoms with Gasteiger partial charge in [0.25, 0.3) is 11.7 Å². The molecule has 4 nitrogen and oxygen atoms in total. The maximum atomic E-state index is 14.2. The lowest BCUT2D eigenvalue weighted by Crippen LogP contribution is -2.25. The van der Waals surface area contributed by atoms with Crippen molar-refractivity contribution >= 4 is 17.4 Å².